The van der Waals surface area contributed by atoms with Crippen LogP contribution in [-0.2, 0) is 6.42 Å². The smallest absolute Gasteiger partial charge is 0.0803 e. The Morgan fingerprint density at radius 3 is 2.62 bits per heavy atom. The number of nitrogens with one attached hydrogen (secondary N) is 1. The number of aromatic nitrogens is 2. The molecule has 3 nitrogen and oxygen atoms in total. The van der Waals surface area contributed by atoms with E-state index in [0.717, 1.165) is 19.4 Å². The number of nitrogens with zero attached hydrogens (tertiary/aromatic N) is 2. The Bertz CT molecular complexity index is 286. The molecule has 0 aliphatic carbocycles. The molecule has 16 heavy (non-hydrogen) atoms. The van der Waals surface area contributed by atoms with E-state index in [1.807, 2.05) is 0 Å². The monoisotopic (exact) mass is 241 g/mol. The van der Waals surface area contributed by atoms with Crippen molar-refractivity contribution in [1.29, 1.82) is 0 Å². The van der Waals surface area contributed by atoms with E-state index in [4.69, 9.17) is 0 Å². The van der Waals surface area contributed by atoms with Crippen LogP contribution < -0.4 is 5.32 Å². The molecule has 0 fully saturated rings. The van der Waals surface area contributed by atoms with Crippen LogP contribution in [0.15, 0.2) is 0 Å². The largest absolute Gasteiger partial charge is 0.309 e. The molecule has 0 bridgehead atoms. The molecule has 1 atom stereocenters. The van der Waals surface area contributed by atoms with Gasteiger partial charge in [0.2, 0.25) is 0 Å². The Balaban J connectivity index is 2.70. The van der Waals surface area contributed by atoms with Crippen molar-refractivity contribution in [3.05, 3.63) is 10.6 Å². The molecular weight excluding hydrogens is 218 g/mol. The first kappa shape index (κ1) is 13.6. The van der Waals surface area contributed by atoms with Crippen LogP contribution >= 0.6 is 11.5 Å². The summed E-state index contributed by atoms with van der Waals surface area (Å²) in [4.78, 5) is 1.36. The van der Waals surface area contributed by atoms with Gasteiger partial charge >= 0.3 is 0 Å². The molecule has 1 aromatic heterocycles. The molecule has 0 saturated heterocycles. The van der Waals surface area contributed by atoms with E-state index in [0.29, 0.717) is 6.04 Å². The van der Waals surface area contributed by atoms with E-state index in [1.54, 1.807) is 11.5 Å². The Kier molecular flexibility index (Phi) is 6.57. The summed E-state index contributed by atoms with van der Waals surface area (Å²) in [5.74, 6) is 0. The van der Waals surface area contributed by atoms with E-state index in [9.17, 15) is 0 Å². The highest BCUT2D eigenvalue weighted by Crippen LogP contribution is 2.25. The molecule has 1 aromatic rings. The molecule has 1 rings (SSSR count). The lowest BCUT2D eigenvalue weighted by Crippen LogP contribution is -2.22. The lowest BCUT2D eigenvalue weighted by Gasteiger charge is -2.16. The van der Waals surface area contributed by atoms with Crippen LogP contribution in [0.5, 0.6) is 0 Å². The summed E-state index contributed by atoms with van der Waals surface area (Å²) in [7, 11) is 0. The Labute approximate surface area is 103 Å². The molecule has 92 valence electrons. The maximum absolute atomic E-state index is 4.25. The Hall–Kier alpha value is -0.480. The van der Waals surface area contributed by atoms with E-state index in [1.165, 1.54) is 29.8 Å². The normalized spacial score (nSPS) is 12.9. The molecule has 1 heterocycles. The van der Waals surface area contributed by atoms with Crippen molar-refractivity contribution in [2.75, 3.05) is 6.54 Å². The molecular formula is C12H23N3S. The van der Waals surface area contributed by atoms with Crippen molar-refractivity contribution in [2.24, 2.45) is 0 Å². The molecule has 0 amide bonds. The fraction of sp³-hybridized carbons (Fsp3) is 0.833. The first-order valence-corrected chi connectivity index (χ1v) is 7.15. The van der Waals surface area contributed by atoms with E-state index in [-0.39, 0.29) is 0 Å². The zero-order chi connectivity index (χ0) is 11.8. The number of hydrogen-bond donors (Lipinski definition) is 1. The van der Waals surface area contributed by atoms with Gasteiger partial charge in [0.25, 0.3) is 0 Å². The van der Waals surface area contributed by atoms with Gasteiger partial charge in [-0.05, 0) is 37.3 Å². The van der Waals surface area contributed by atoms with Gasteiger partial charge in [-0.3, -0.25) is 0 Å². The van der Waals surface area contributed by atoms with Crippen LogP contribution in [0.4, 0.5) is 0 Å². The van der Waals surface area contributed by atoms with Crippen LogP contribution in [0.3, 0.4) is 0 Å². The molecule has 4 heteroatoms. The molecule has 1 unspecified atom stereocenters. The fourth-order valence-corrected chi connectivity index (χ4v) is 2.63. The van der Waals surface area contributed by atoms with Crippen molar-refractivity contribution in [3.8, 4) is 0 Å². The van der Waals surface area contributed by atoms with Crippen LogP contribution in [0.25, 0.3) is 0 Å². The summed E-state index contributed by atoms with van der Waals surface area (Å²) >= 11 is 1.56. The summed E-state index contributed by atoms with van der Waals surface area (Å²) in [5.41, 5.74) is 1.20. The summed E-state index contributed by atoms with van der Waals surface area (Å²) in [6, 6.07) is 0.464. The number of aryl methyl sites for hydroxylation is 1. The van der Waals surface area contributed by atoms with Gasteiger partial charge in [-0.25, -0.2) is 0 Å². The maximum Gasteiger partial charge on any atom is 0.0803 e. The summed E-state index contributed by atoms with van der Waals surface area (Å²) < 4.78 is 4.10. The molecule has 0 radical (unpaired) electrons. The molecule has 0 saturated carbocycles. The molecule has 1 N–H and O–H groups in total. The molecule has 0 aliphatic rings. The average Bonchev–Trinajstić information content (AvgIpc) is 2.73. The van der Waals surface area contributed by atoms with Crippen molar-refractivity contribution < 1.29 is 0 Å². The first-order chi connectivity index (χ1) is 7.83. The van der Waals surface area contributed by atoms with Gasteiger partial charge in [0.05, 0.1) is 10.6 Å². The van der Waals surface area contributed by atoms with Crippen molar-refractivity contribution in [3.63, 3.8) is 0 Å². The molecule has 0 spiro atoms. The minimum atomic E-state index is 0.464. The molecule has 0 aromatic carbocycles. The standard InChI is InChI=1S/C12H23N3S/c1-4-7-10(13-9-6-3)12-11(8-5-2)14-15-16-12/h10,13H,4-9H2,1-3H3. The highest BCUT2D eigenvalue weighted by Gasteiger charge is 2.17. The average molecular weight is 241 g/mol. The quantitative estimate of drug-likeness (QED) is 0.758. The third-order valence-corrected chi connectivity index (χ3v) is 3.49. The summed E-state index contributed by atoms with van der Waals surface area (Å²) in [6.07, 6.45) is 5.76. The fourth-order valence-electron chi connectivity index (χ4n) is 1.82. The second-order valence-corrected chi connectivity index (χ2v) is 4.91. The van der Waals surface area contributed by atoms with Crippen LogP contribution in [0, 0.1) is 0 Å². The van der Waals surface area contributed by atoms with Crippen molar-refractivity contribution >= 4 is 11.5 Å². The van der Waals surface area contributed by atoms with Gasteiger partial charge < -0.3 is 5.32 Å². The maximum atomic E-state index is 4.25. The Morgan fingerprint density at radius 1 is 1.19 bits per heavy atom. The molecule has 0 aliphatic heterocycles. The third-order valence-electron chi connectivity index (χ3n) is 2.61. The van der Waals surface area contributed by atoms with Crippen molar-refractivity contribution in [1.82, 2.24) is 14.9 Å². The third kappa shape index (κ3) is 3.83. The lowest BCUT2D eigenvalue weighted by atomic mass is 10.1. The highest BCUT2D eigenvalue weighted by atomic mass is 32.1. The van der Waals surface area contributed by atoms with E-state index >= 15 is 0 Å². The lowest BCUT2D eigenvalue weighted by molar-refractivity contribution is 0.496. The predicted octanol–water partition coefficient (Wildman–Crippen LogP) is 3.33. The second kappa shape index (κ2) is 7.74. The Morgan fingerprint density at radius 2 is 2.00 bits per heavy atom. The van der Waals surface area contributed by atoms with Gasteiger partial charge in [0.15, 0.2) is 0 Å². The summed E-state index contributed by atoms with van der Waals surface area (Å²) in [5, 5.41) is 7.85. The second-order valence-electron chi connectivity index (χ2n) is 4.13. The number of hydrogen-bond acceptors (Lipinski definition) is 4. The minimum absolute atomic E-state index is 0.464. The SMILES string of the molecule is CCCNC(CCC)c1snnc1CCC. The first-order valence-electron chi connectivity index (χ1n) is 6.37. The summed E-state index contributed by atoms with van der Waals surface area (Å²) in [6.45, 7) is 7.70. The zero-order valence-corrected chi connectivity index (χ0v) is 11.4. The van der Waals surface area contributed by atoms with Crippen LogP contribution in [0.2, 0.25) is 0 Å². The van der Waals surface area contributed by atoms with Gasteiger partial charge in [0.1, 0.15) is 0 Å². The van der Waals surface area contributed by atoms with Crippen molar-refractivity contribution in [2.45, 2.75) is 58.9 Å². The van der Waals surface area contributed by atoms with Crippen LogP contribution in [-0.4, -0.2) is 16.1 Å². The minimum Gasteiger partial charge on any atom is -0.309 e. The van der Waals surface area contributed by atoms with Gasteiger partial charge in [0, 0.05) is 6.04 Å². The van der Waals surface area contributed by atoms with E-state index in [2.05, 4.69) is 35.7 Å². The predicted molar refractivity (Wildman–Crippen MR) is 69.8 cm³/mol. The van der Waals surface area contributed by atoms with Gasteiger partial charge in [-0.1, -0.05) is 38.1 Å². The zero-order valence-electron chi connectivity index (χ0n) is 10.6. The highest BCUT2D eigenvalue weighted by molar-refractivity contribution is 7.05. The van der Waals surface area contributed by atoms with Crippen LogP contribution in [0.1, 0.15) is 63.1 Å². The number of rotatable bonds is 8. The van der Waals surface area contributed by atoms with Gasteiger partial charge in [-0.15, -0.1) is 5.10 Å². The van der Waals surface area contributed by atoms with E-state index < -0.39 is 0 Å². The van der Waals surface area contributed by atoms with Gasteiger partial charge in [-0.2, -0.15) is 0 Å². The topological polar surface area (TPSA) is 37.8 Å².